The van der Waals surface area contributed by atoms with Gasteiger partial charge < -0.3 is 4.74 Å². The van der Waals surface area contributed by atoms with Crippen LogP contribution >= 0.6 is 23.2 Å². The first kappa shape index (κ1) is 20.0. The zero-order chi connectivity index (χ0) is 21.4. The van der Waals surface area contributed by atoms with Crippen molar-refractivity contribution in [3.63, 3.8) is 0 Å². The zero-order valence-electron chi connectivity index (χ0n) is 15.4. The fraction of sp³-hybridized carbons (Fsp3) is 0.0476. The number of halogens is 3. The van der Waals surface area contributed by atoms with E-state index >= 15 is 0 Å². The molecule has 0 saturated carbocycles. The van der Waals surface area contributed by atoms with Crippen molar-refractivity contribution in [1.29, 1.82) is 0 Å². The van der Waals surface area contributed by atoms with Crippen LogP contribution in [0.15, 0.2) is 54.7 Å². The van der Waals surface area contributed by atoms with E-state index in [-0.39, 0.29) is 27.3 Å². The Bertz CT molecular complexity index is 1290. The Morgan fingerprint density at radius 3 is 2.43 bits per heavy atom. The van der Waals surface area contributed by atoms with Crippen molar-refractivity contribution in [2.45, 2.75) is 6.92 Å². The Morgan fingerprint density at radius 2 is 1.77 bits per heavy atom. The average Bonchev–Trinajstić information content (AvgIpc) is 2.70. The molecule has 4 aromatic rings. The van der Waals surface area contributed by atoms with Crippen LogP contribution in [0.3, 0.4) is 0 Å². The lowest BCUT2D eigenvalue weighted by Crippen LogP contribution is -1.94. The summed E-state index contributed by atoms with van der Waals surface area (Å²) in [5.41, 5.74) is 2.31. The van der Waals surface area contributed by atoms with Gasteiger partial charge in [0, 0.05) is 29.8 Å². The normalized spacial score (nSPS) is 10.9. The topological polar surface area (TPSA) is 78.2 Å². The molecule has 150 valence electrons. The van der Waals surface area contributed by atoms with Crippen molar-refractivity contribution >= 4 is 39.8 Å². The Morgan fingerprint density at radius 1 is 1.03 bits per heavy atom. The Hall–Kier alpha value is -3.29. The van der Waals surface area contributed by atoms with E-state index in [9.17, 15) is 14.5 Å². The Kier molecular flexibility index (Phi) is 5.24. The molecule has 0 fully saturated rings. The molecule has 0 radical (unpaired) electrons. The number of nitro benzene ring substituents is 1. The summed E-state index contributed by atoms with van der Waals surface area (Å²) in [6.07, 6.45) is 1.39. The van der Waals surface area contributed by atoms with Crippen molar-refractivity contribution < 1.29 is 14.1 Å². The van der Waals surface area contributed by atoms with Gasteiger partial charge in [0.2, 0.25) is 0 Å². The summed E-state index contributed by atoms with van der Waals surface area (Å²) < 4.78 is 19.3. The molecule has 0 spiro atoms. The van der Waals surface area contributed by atoms with Gasteiger partial charge in [-0.25, -0.2) is 9.37 Å². The maximum absolute atomic E-state index is 13.5. The van der Waals surface area contributed by atoms with E-state index in [2.05, 4.69) is 9.97 Å². The molecule has 0 aliphatic heterocycles. The maximum Gasteiger partial charge on any atom is 0.272 e. The molecule has 0 saturated heterocycles. The van der Waals surface area contributed by atoms with Crippen LogP contribution in [0.4, 0.5) is 10.1 Å². The van der Waals surface area contributed by atoms with E-state index in [0.29, 0.717) is 22.7 Å². The summed E-state index contributed by atoms with van der Waals surface area (Å²) in [6, 6.07) is 11.9. The highest BCUT2D eigenvalue weighted by molar-refractivity contribution is 6.37. The number of ether oxygens (including phenoxy) is 1. The van der Waals surface area contributed by atoms with Crippen LogP contribution in [-0.2, 0) is 0 Å². The fourth-order valence-corrected chi connectivity index (χ4v) is 3.53. The molecule has 2 heterocycles. The second kappa shape index (κ2) is 7.85. The van der Waals surface area contributed by atoms with Gasteiger partial charge in [-0.15, -0.1) is 0 Å². The third kappa shape index (κ3) is 3.90. The van der Waals surface area contributed by atoms with Gasteiger partial charge in [0.05, 0.1) is 31.9 Å². The van der Waals surface area contributed by atoms with Crippen LogP contribution in [0.5, 0.6) is 11.5 Å². The van der Waals surface area contributed by atoms with Gasteiger partial charge in [0.25, 0.3) is 5.69 Å². The van der Waals surface area contributed by atoms with Crippen molar-refractivity contribution in [2.75, 3.05) is 0 Å². The molecule has 30 heavy (non-hydrogen) atoms. The third-order valence-corrected chi connectivity index (χ3v) is 4.95. The summed E-state index contributed by atoms with van der Waals surface area (Å²) in [7, 11) is 0. The first-order valence-corrected chi connectivity index (χ1v) is 9.42. The number of fused-ring (bicyclic) bond motifs is 1. The number of nitro groups is 1. The van der Waals surface area contributed by atoms with E-state index in [4.69, 9.17) is 27.9 Å². The lowest BCUT2D eigenvalue weighted by molar-refractivity contribution is -0.384. The molecular formula is C21H12Cl2FN3O3. The summed E-state index contributed by atoms with van der Waals surface area (Å²) in [6.45, 7) is 1.89. The second-order valence-electron chi connectivity index (χ2n) is 6.46. The summed E-state index contributed by atoms with van der Waals surface area (Å²) >= 11 is 12.2. The third-order valence-electron chi connectivity index (χ3n) is 4.39. The molecule has 0 N–H and O–H groups in total. The predicted octanol–water partition coefficient (Wildman–Crippen LogP) is 6.75. The quantitative estimate of drug-likeness (QED) is 0.257. The standard InChI is InChI=1S/C21H12Cl2FN3O3/c1-11-6-20(19-7-12(24)4-5-25-19)26-18-3-2-14(10-15(11)18)30-21-16(22)8-13(27(28)29)9-17(21)23/h2-10H,1H3. The Labute approximate surface area is 180 Å². The van der Waals surface area contributed by atoms with Crippen molar-refractivity contribution in [3.8, 4) is 22.9 Å². The van der Waals surface area contributed by atoms with Gasteiger partial charge in [0.15, 0.2) is 5.75 Å². The Balaban J connectivity index is 1.72. The molecule has 0 aliphatic carbocycles. The van der Waals surface area contributed by atoms with Gasteiger partial charge in [-0.05, 0) is 42.8 Å². The van der Waals surface area contributed by atoms with Gasteiger partial charge in [0.1, 0.15) is 11.6 Å². The number of nitrogens with zero attached hydrogens (tertiary/aromatic N) is 3. The second-order valence-corrected chi connectivity index (χ2v) is 7.27. The van der Waals surface area contributed by atoms with Gasteiger partial charge >= 0.3 is 0 Å². The van der Waals surface area contributed by atoms with E-state index in [0.717, 1.165) is 10.9 Å². The molecule has 4 rings (SSSR count). The van der Waals surface area contributed by atoms with Crippen LogP contribution in [-0.4, -0.2) is 14.9 Å². The molecule has 0 amide bonds. The molecule has 2 aromatic carbocycles. The van der Waals surface area contributed by atoms with Crippen molar-refractivity contribution in [3.05, 3.63) is 86.3 Å². The molecule has 0 bridgehead atoms. The van der Waals surface area contributed by atoms with E-state index in [1.165, 1.54) is 30.5 Å². The minimum absolute atomic E-state index is 0.0247. The number of hydrogen-bond donors (Lipinski definition) is 0. The average molecular weight is 444 g/mol. The lowest BCUT2D eigenvalue weighted by atomic mass is 10.1. The van der Waals surface area contributed by atoms with Crippen LogP contribution in [0, 0.1) is 22.9 Å². The highest BCUT2D eigenvalue weighted by Crippen LogP contribution is 2.40. The molecule has 0 unspecified atom stereocenters. The van der Waals surface area contributed by atoms with E-state index < -0.39 is 4.92 Å². The van der Waals surface area contributed by atoms with Gasteiger partial charge in [-0.1, -0.05) is 23.2 Å². The monoisotopic (exact) mass is 443 g/mol. The van der Waals surface area contributed by atoms with E-state index in [1.54, 1.807) is 24.3 Å². The molecule has 2 aromatic heterocycles. The first-order valence-electron chi connectivity index (χ1n) is 8.66. The summed E-state index contributed by atoms with van der Waals surface area (Å²) in [5.74, 6) is 0.163. The SMILES string of the molecule is Cc1cc(-c2cc(F)ccn2)nc2ccc(Oc3c(Cl)cc([N+](=O)[O-])cc3Cl)cc12. The van der Waals surface area contributed by atoms with Crippen molar-refractivity contribution in [2.24, 2.45) is 0 Å². The molecular weight excluding hydrogens is 432 g/mol. The smallest absolute Gasteiger partial charge is 0.272 e. The highest BCUT2D eigenvalue weighted by atomic mass is 35.5. The number of hydrogen-bond acceptors (Lipinski definition) is 5. The number of aromatic nitrogens is 2. The molecule has 0 aliphatic rings. The van der Waals surface area contributed by atoms with Gasteiger partial charge in [-0.2, -0.15) is 0 Å². The number of aryl methyl sites for hydroxylation is 1. The predicted molar refractivity (Wildman–Crippen MR) is 113 cm³/mol. The fourth-order valence-electron chi connectivity index (χ4n) is 2.98. The largest absolute Gasteiger partial charge is 0.454 e. The number of benzene rings is 2. The van der Waals surface area contributed by atoms with Crippen LogP contribution < -0.4 is 4.74 Å². The minimum atomic E-state index is -0.586. The van der Waals surface area contributed by atoms with Crippen LogP contribution in [0.2, 0.25) is 10.0 Å². The molecule has 9 heteroatoms. The number of pyridine rings is 2. The number of rotatable bonds is 4. The van der Waals surface area contributed by atoms with Crippen LogP contribution in [0.25, 0.3) is 22.3 Å². The van der Waals surface area contributed by atoms with Crippen molar-refractivity contribution in [1.82, 2.24) is 9.97 Å². The maximum atomic E-state index is 13.5. The minimum Gasteiger partial charge on any atom is -0.454 e. The first-order chi connectivity index (χ1) is 14.3. The summed E-state index contributed by atoms with van der Waals surface area (Å²) in [5, 5.41) is 11.8. The molecule has 6 nitrogen and oxygen atoms in total. The summed E-state index contributed by atoms with van der Waals surface area (Å²) in [4.78, 5) is 19.1. The lowest BCUT2D eigenvalue weighted by Gasteiger charge is -2.12. The van der Waals surface area contributed by atoms with Gasteiger partial charge in [-0.3, -0.25) is 15.1 Å². The van der Waals surface area contributed by atoms with E-state index in [1.807, 2.05) is 6.92 Å². The zero-order valence-corrected chi connectivity index (χ0v) is 16.9. The number of non-ortho nitro benzene ring substituents is 1. The highest BCUT2D eigenvalue weighted by Gasteiger charge is 2.17. The molecule has 0 atom stereocenters. The van der Waals surface area contributed by atoms with Crippen LogP contribution in [0.1, 0.15) is 5.56 Å².